The molecule has 0 saturated carbocycles. The summed E-state index contributed by atoms with van der Waals surface area (Å²) in [6.07, 6.45) is 0. The number of nitro benzene ring substituents is 1. The van der Waals surface area contributed by atoms with E-state index in [1.54, 1.807) is 0 Å². The van der Waals surface area contributed by atoms with Gasteiger partial charge in [-0.3, -0.25) is 10.1 Å². The van der Waals surface area contributed by atoms with Crippen molar-refractivity contribution >= 4 is 23.1 Å². The van der Waals surface area contributed by atoms with Crippen LogP contribution in [0.3, 0.4) is 0 Å². The number of nitrogens with one attached hydrogen (secondary N) is 2. The molecule has 0 aliphatic rings. The van der Waals surface area contributed by atoms with Crippen molar-refractivity contribution in [2.24, 2.45) is 0 Å². The number of urea groups is 1. The zero-order valence-electron chi connectivity index (χ0n) is 10.5. The van der Waals surface area contributed by atoms with Crippen molar-refractivity contribution in [3.05, 3.63) is 64.2 Å². The average molecular weight is 293 g/mol. The molecule has 21 heavy (non-hydrogen) atoms. The van der Waals surface area contributed by atoms with E-state index in [9.17, 15) is 23.7 Å². The van der Waals surface area contributed by atoms with Gasteiger partial charge in [0.05, 0.1) is 4.92 Å². The first-order valence-corrected chi connectivity index (χ1v) is 5.73. The number of halogens is 2. The summed E-state index contributed by atoms with van der Waals surface area (Å²) < 4.78 is 26.1. The number of hydrogen-bond donors (Lipinski definition) is 2. The predicted octanol–water partition coefficient (Wildman–Crippen LogP) is 3.52. The van der Waals surface area contributed by atoms with Gasteiger partial charge >= 0.3 is 11.7 Å². The normalized spacial score (nSPS) is 10.0. The molecule has 2 amide bonds. The lowest BCUT2D eigenvalue weighted by molar-refractivity contribution is -0.387. The maximum atomic E-state index is 13.1. The van der Waals surface area contributed by atoms with E-state index >= 15 is 0 Å². The van der Waals surface area contributed by atoms with Gasteiger partial charge in [0.2, 0.25) is 5.82 Å². The number of carbonyl (C=O) groups excluding carboxylic acids is 1. The molecule has 2 N–H and O–H groups in total. The maximum Gasteiger partial charge on any atom is 0.323 e. The zero-order chi connectivity index (χ0) is 15.4. The molecular weight excluding hydrogens is 284 g/mol. The van der Waals surface area contributed by atoms with Crippen LogP contribution in [-0.4, -0.2) is 11.0 Å². The molecule has 0 atom stereocenters. The first-order valence-electron chi connectivity index (χ1n) is 5.73. The number of rotatable bonds is 3. The van der Waals surface area contributed by atoms with Gasteiger partial charge in [-0.2, -0.15) is 4.39 Å². The fraction of sp³-hybridized carbons (Fsp3) is 0. The number of benzene rings is 2. The van der Waals surface area contributed by atoms with Crippen LogP contribution in [0, 0.1) is 21.7 Å². The van der Waals surface area contributed by atoms with Gasteiger partial charge in [0.25, 0.3) is 0 Å². The van der Waals surface area contributed by atoms with Crippen molar-refractivity contribution in [1.29, 1.82) is 0 Å². The summed E-state index contributed by atoms with van der Waals surface area (Å²) in [7, 11) is 0. The standard InChI is InChI=1S/C13H9F2N3O3/c14-8-2-1-3-9(6-8)16-13(19)17-10-4-5-11(15)12(7-10)18(20)21/h1-7H,(H2,16,17,19). The summed E-state index contributed by atoms with van der Waals surface area (Å²) in [6, 6.07) is 7.40. The Morgan fingerprint density at radius 1 is 1.05 bits per heavy atom. The van der Waals surface area contributed by atoms with Crippen LogP contribution in [-0.2, 0) is 0 Å². The summed E-state index contributed by atoms with van der Waals surface area (Å²) in [5.41, 5.74) is -0.500. The second kappa shape index (κ2) is 5.95. The molecule has 0 unspecified atom stereocenters. The minimum absolute atomic E-state index is 0.0389. The molecule has 0 heterocycles. The summed E-state index contributed by atoms with van der Waals surface area (Å²) in [5.74, 6) is -1.53. The first-order chi connectivity index (χ1) is 9.95. The van der Waals surface area contributed by atoms with Crippen molar-refractivity contribution in [1.82, 2.24) is 0 Å². The Kier molecular flexibility index (Phi) is 4.07. The lowest BCUT2D eigenvalue weighted by Crippen LogP contribution is -2.19. The molecule has 2 rings (SSSR count). The number of nitro groups is 1. The van der Waals surface area contributed by atoms with Crippen molar-refractivity contribution < 1.29 is 18.5 Å². The maximum absolute atomic E-state index is 13.1. The topological polar surface area (TPSA) is 84.3 Å². The molecule has 0 radical (unpaired) electrons. The van der Waals surface area contributed by atoms with Gasteiger partial charge in [-0.1, -0.05) is 6.07 Å². The van der Waals surface area contributed by atoms with E-state index in [0.717, 1.165) is 18.2 Å². The third-order valence-corrected chi connectivity index (χ3v) is 2.48. The third kappa shape index (κ3) is 3.72. The largest absolute Gasteiger partial charge is 0.323 e. The van der Waals surface area contributed by atoms with Crippen LogP contribution in [0.1, 0.15) is 0 Å². The molecule has 0 aliphatic carbocycles. The Morgan fingerprint density at radius 3 is 2.33 bits per heavy atom. The van der Waals surface area contributed by atoms with E-state index in [0.29, 0.717) is 0 Å². The quantitative estimate of drug-likeness (QED) is 0.670. The number of carbonyl (C=O) groups is 1. The lowest BCUT2D eigenvalue weighted by atomic mass is 10.2. The van der Waals surface area contributed by atoms with Gasteiger partial charge in [-0.15, -0.1) is 0 Å². The Morgan fingerprint density at radius 2 is 1.71 bits per heavy atom. The first kappa shape index (κ1) is 14.4. The molecule has 0 fully saturated rings. The third-order valence-electron chi connectivity index (χ3n) is 2.48. The number of nitrogens with zero attached hydrogens (tertiary/aromatic N) is 1. The zero-order valence-corrected chi connectivity index (χ0v) is 10.5. The number of anilines is 2. The second-order valence-corrected chi connectivity index (χ2v) is 4.01. The predicted molar refractivity (Wildman–Crippen MR) is 72.1 cm³/mol. The summed E-state index contributed by atoms with van der Waals surface area (Å²) >= 11 is 0. The molecule has 2 aromatic rings. The minimum atomic E-state index is -1.00. The molecule has 0 bridgehead atoms. The fourth-order valence-corrected chi connectivity index (χ4v) is 1.59. The molecule has 6 nitrogen and oxygen atoms in total. The molecule has 0 aromatic heterocycles. The average Bonchev–Trinajstić information content (AvgIpc) is 2.40. The Labute approximate surface area is 117 Å². The highest BCUT2D eigenvalue weighted by Gasteiger charge is 2.15. The van der Waals surface area contributed by atoms with E-state index in [2.05, 4.69) is 10.6 Å². The van der Waals surface area contributed by atoms with E-state index in [1.165, 1.54) is 24.3 Å². The molecule has 0 aliphatic heterocycles. The highest BCUT2D eigenvalue weighted by molar-refractivity contribution is 5.99. The van der Waals surface area contributed by atoms with Crippen LogP contribution in [0.25, 0.3) is 0 Å². The van der Waals surface area contributed by atoms with Gasteiger partial charge < -0.3 is 10.6 Å². The smallest absolute Gasteiger partial charge is 0.308 e. The number of amides is 2. The summed E-state index contributed by atoms with van der Waals surface area (Å²) in [4.78, 5) is 21.3. The van der Waals surface area contributed by atoms with Crippen LogP contribution in [0.15, 0.2) is 42.5 Å². The highest BCUT2D eigenvalue weighted by atomic mass is 19.1. The summed E-state index contributed by atoms with van der Waals surface area (Å²) in [6.45, 7) is 0. The van der Waals surface area contributed by atoms with Crippen LogP contribution < -0.4 is 10.6 Å². The number of hydrogen-bond acceptors (Lipinski definition) is 3. The van der Waals surface area contributed by atoms with Crippen molar-refractivity contribution in [3.8, 4) is 0 Å². The fourth-order valence-electron chi connectivity index (χ4n) is 1.59. The van der Waals surface area contributed by atoms with Gasteiger partial charge in [-0.05, 0) is 30.3 Å². The van der Waals surface area contributed by atoms with Crippen molar-refractivity contribution in [2.75, 3.05) is 10.6 Å². The Hall–Kier alpha value is -3.03. The minimum Gasteiger partial charge on any atom is -0.308 e. The molecule has 8 heteroatoms. The van der Waals surface area contributed by atoms with Crippen molar-refractivity contribution in [2.45, 2.75) is 0 Å². The lowest BCUT2D eigenvalue weighted by Gasteiger charge is -2.07. The van der Waals surface area contributed by atoms with E-state index in [1.807, 2.05) is 0 Å². The van der Waals surface area contributed by atoms with Gasteiger partial charge in [-0.25, -0.2) is 9.18 Å². The Balaban J connectivity index is 2.09. The van der Waals surface area contributed by atoms with E-state index in [4.69, 9.17) is 0 Å². The van der Waals surface area contributed by atoms with E-state index < -0.39 is 28.3 Å². The Bertz CT molecular complexity index is 707. The molecule has 108 valence electrons. The van der Waals surface area contributed by atoms with Crippen LogP contribution >= 0.6 is 0 Å². The van der Waals surface area contributed by atoms with Gasteiger partial charge in [0.15, 0.2) is 0 Å². The van der Waals surface area contributed by atoms with E-state index in [-0.39, 0.29) is 11.4 Å². The molecule has 2 aromatic carbocycles. The van der Waals surface area contributed by atoms with Gasteiger partial charge in [0.1, 0.15) is 5.82 Å². The van der Waals surface area contributed by atoms with Gasteiger partial charge in [0, 0.05) is 17.4 Å². The van der Waals surface area contributed by atoms with Crippen LogP contribution in [0.4, 0.5) is 30.6 Å². The monoisotopic (exact) mass is 293 g/mol. The molecular formula is C13H9F2N3O3. The SMILES string of the molecule is O=C(Nc1cccc(F)c1)Nc1ccc(F)c([N+](=O)[O-])c1. The highest BCUT2D eigenvalue weighted by Crippen LogP contribution is 2.21. The molecule has 0 saturated heterocycles. The molecule has 0 spiro atoms. The van der Waals surface area contributed by atoms with Crippen LogP contribution in [0.5, 0.6) is 0 Å². The van der Waals surface area contributed by atoms with Crippen LogP contribution in [0.2, 0.25) is 0 Å². The second-order valence-electron chi connectivity index (χ2n) is 4.01. The summed E-state index contributed by atoms with van der Waals surface area (Å²) in [5, 5.41) is 15.2. The van der Waals surface area contributed by atoms with Crippen molar-refractivity contribution in [3.63, 3.8) is 0 Å².